The van der Waals surface area contributed by atoms with Gasteiger partial charge in [-0.1, -0.05) is 17.7 Å². The Hall–Kier alpha value is -3.49. The summed E-state index contributed by atoms with van der Waals surface area (Å²) >= 11 is 5.82. The number of ether oxygens (including phenoxy) is 1. The van der Waals surface area contributed by atoms with E-state index in [4.69, 9.17) is 22.1 Å². The van der Waals surface area contributed by atoms with Crippen LogP contribution in [-0.4, -0.2) is 33.9 Å². The Morgan fingerprint density at radius 3 is 2.69 bits per heavy atom. The number of hydrogen-bond acceptors (Lipinski definition) is 5. The lowest BCUT2D eigenvalue weighted by Crippen LogP contribution is -2.18. The summed E-state index contributed by atoms with van der Waals surface area (Å²) in [6.45, 7) is 2.54. The molecule has 35 heavy (non-hydrogen) atoms. The van der Waals surface area contributed by atoms with E-state index in [-0.39, 0.29) is 16.9 Å². The minimum Gasteiger partial charge on any atom is -0.457 e. The number of benzene rings is 2. The van der Waals surface area contributed by atoms with Crippen LogP contribution < -0.4 is 5.73 Å². The van der Waals surface area contributed by atoms with Crippen molar-refractivity contribution in [2.75, 3.05) is 18.8 Å². The van der Waals surface area contributed by atoms with Gasteiger partial charge in [0, 0.05) is 41.0 Å². The Kier molecular flexibility index (Phi) is 6.40. The van der Waals surface area contributed by atoms with E-state index >= 15 is 0 Å². The average molecular weight is 497 g/mol. The molecule has 0 radical (unpaired) electrons. The van der Waals surface area contributed by atoms with Crippen molar-refractivity contribution in [3.05, 3.63) is 82.1 Å². The number of esters is 1. The van der Waals surface area contributed by atoms with E-state index < -0.39 is 29.2 Å². The van der Waals surface area contributed by atoms with E-state index in [1.165, 1.54) is 18.4 Å². The first-order valence-corrected chi connectivity index (χ1v) is 11.7. The predicted octanol–water partition coefficient (Wildman–Crippen LogP) is 5.70. The summed E-state index contributed by atoms with van der Waals surface area (Å²) in [5.74, 6) is -2.41. The molecule has 1 fully saturated rings. The molecule has 0 atom stereocenters. The van der Waals surface area contributed by atoms with Crippen LogP contribution in [0.15, 0.2) is 48.8 Å². The molecule has 1 aliphatic rings. The van der Waals surface area contributed by atoms with Gasteiger partial charge in [0.2, 0.25) is 0 Å². The molecular weight excluding hydrogens is 474 g/mol. The number of H-pyrrole nitrogens is 1. The maximum Gasteiger partial charge on any atom is 0.342 e. The van der Waals surface area contributed by atoms with Gasteiger partial charge in [-0.2, -0.15) is 0 Å². The van der Waals surface area contributed by atoms with Crippen LogP contribution in [0, 0.1) is 11.6 Å². The lowest BCUT2D eigenvalue weighted by Gasteiger charge is -2.14. The zero-order valence-electron chi connectivity index (χ0n) is 18.8. The summed E-state index contributed by atoms with van der Waals surface area (Å²) in [6.07, 6.45) is 6.07. The number of pyridine rings is 1. The van der Waals surface area contributed by atoms with Crippen molar-refractivity contribution >= 4 is 34.3 Å². The molecule has 1 saturated heterocycles. The van der Waals surface area contributed by atoms with Gasteiger partial charge < -0.3 is 15.5 Å². The molecule has 5 rings (SSSR count). The Balaban J connectivity index is 1.40. The van der Waals surface area contributed by atoms with Crippen LogP contribution in [0.4, 0.5) is 14.6 Å². The van der Waals surface area contributed by atoms with E-state index in [0.717, 1.165) is 48.2 Å². The van der Waals surface area contributed by atoms with Crippen LogP contribution in [0.3, 0.4) is 0 Å². The number of aromatic amines is 1. The van der Waals surface area contributed by atoms with Crippen molar-refractivity contribution in [2.45, 2.75) is 26.0 Å². The van der Waals surface area contributed by atoms with Crippen molar-refractivity contribution in [3.8, 4) is 11.1 Å². The number of nitrogens with two attached hydrogens (primary N) is 1. The fraction of sp³-hybridized carbons (Fsp3) is 0.231. The summed E-state index contributed by atoms with van der Waals surface area (Å²) in [5, 5.41) is 0.675. The molecule has 0 bridgehead atoms. The van der Waals surface area contributed by atoms with Crippen LogP contribution >= 0.6 is 11.6 Å². The van der Waals surface area contributed by atoms with E-state index in [2.05, 4.69) is 20.9 Å². The zero-order chi connectivity index (χ0) is 24.5. The molecule has 6 nitrogen and oxygen atoms in total. The lowest BCUT2D eigenvalue weighted by atomic mass is 10.0. The zero-order valence-corrected chi connectivity index (χ0v) is 19.5. The van der Waals surface area contributed by atoms with Gasteiger partial charge in [-0.15, -0.1) is 0 Å². The molecular formula is C26H23ClF2N4O2. The van der Waals surface area contributed by atoms with Gasteiger partial charge >= 0.3 is 5.97 Å². The van der Waals surface area contributed by atoms with Crippen molar-refractivity contribution < 1.29 is 18.3 Å². The smallest absolute Gasteiger partial charge is 0.342 e. The summed E-state index contributed by atoms with van der Waals surface area (Å²) in [7, 11) is 0. The molecule has 0 spiro atoms. The number of halogens is 3. The predicted molar refractivity (Wildman–Crippen MR) is 131 cm³/mol. The van der Waals surface area contributed by atoms with Gasteiger partial charge in [-0.05, 0) is 67.4 Å². The first-order valence-electron chi connectivity index (χ1n) is 11.3. The molecule has 0 saturated carbocycles. The number of fused-ring (bicyclic) bond motifs is 1. The van der Waals surface area contributed by atoms with E-state index in [1.54, 1.807) is 12.3 Å². The minimum atomic E-state index is -0.811. The number of aromatic nitrogens is 2. The van der Waals surface area contributed by atoms with Crippen molar-refractivity contribution in [2.24, 2.45) is 0 Å². The van der Waals surface area contributed by atoms with Gasteiger partial charge in [0.05, 0.1) is 5.02 Å². The number of rotatable bonds is 6. The summed E-state index contributed by atoms with van der Waals surface area (Å²) in [5.41, 5.74) is 9.49. The molecule has 2 aromatic heterocycles. The number of nitrogens with zero attached hydrogens (tertiary/aromatic N) is 2. The van der Waals surface area contributed by atoms with E-state index in [0.29, 0.717) is 5.56 Å². The topological polar surface area (TPSA) is 84.2 Å². The number of nitrogen functional groups attached to an aromatic ring is 1. The Bertz CT molecular complexity index is 1420. The number of carbonyl (C=O) groups is 1. The van der Waals surface area contributed by atoms with Gasteiger partial charge in [0.1, 0.15) is 29.6 Å². The molecule has 3 heterocycles. The van der Waals surface area contributed by atoms with Crippen LogP contribution in [0.25, 0.3) is 22.0 Å². The third-order valence-corrected chi connectivity index (χ3v) is 6.73. The molecule has 0 unspecified atom stereocenters. The standard InChI is InChI=1S/C26H23ClF2N4O2/c27-24-20(21(28)4-5-22(24)29)14-35-26(34)19-10-16(11-32-25(19)30)15-3-6-23-18(9-15)17(12-31-23)13-33-7-1-2-8-33/h3-6,9-12,31H,1-2,7-8,13-14H2,(H2,30,32). The quantitative estimate of drug-likeness (QED) is 0.264. The second-order valence-electron chi connectivity index (χ2n) is 8.61. The first-order chi connectivity index (χ1) is 16.9. The largest absolute Gasteiger partial charge is 0.457 e. The maximum atomic E-state index is 14.0. The van der Waals surface area contributed by atoms with Crippen molar-refractivity contribution in [1.29, 1.82) is 0 Å². The molecule has 2 aromatic carbocycles. The molecule has 0 aliphatic carbocycles. The summed E-state index contributed by atoms with van der Waals surface area (Å²) < 4.78 is 32.9. The molecule has 180 valence electrons. The van der Waals surface area contributed by atoms with Gasteiger partial charge in [0.25, 0.3) is 0 Å². The number of carbonyl (C=O) groups excluding carboxylic acids is 1. The monoisotopic (exact) mass is 496 g/mol. The molecule has 4 aromatic rings. The Labute approximate surface area is 205 Å². The first kappa shape index (κ1) is 23.3. The Morgan fingerprint density at radius 2 is 1.89 bits per heavy atom. The number of likely N-dealkylation sites (tertiary alicyclic amines) is 1. The van der Waals surface area contributed by atoms with Gasteiger partial charge in [-0.25, -0.2) is 18.6 Å². The van der Waals surface area contributed by atoms with Crippen molar-refractivity contribution in [1.82, 2.24) is 14.9 Å². The maximum absolute atomic E-state index is 14.0. The van der Waals surface area contributed by atoms with Crippen LogP contribution in [0.1, 0.15) is 34.3 Å². The number of hydrogen-bond donors (Lipinski definition) is 2. The second kappa shape index (κ2) is 9.64. The molecule has 0 amide bonds. The lowest BCUT2D eigenvalue weighted by molar-refractivity contribution is 0.0469. The van der Waals surface area contributed by atoms with Crippen LogP contribution in [0.2, 0.25) is 5.02 Å². The minimum absolute atomic E-state index is 0.0259. The van der Waals surface area contributed by atoms with E-state index in [1.807, 2.05) is 18.3 Å². The van der Waals surface area contributed by atoms with Gasteiger partial charge in [-0.3, -0.25) is 4.90 Å². The number of anilines is 1. The van der Waals surface area contributed by atoms with Crippen LogP contribution in [0.5, 0.6) is 0 Å². The average Bonchev–Trinajstić information content (AvgIpc) is 3.52. The second-order valence-corrected chi connectivity index (χ2v) is 8.99. The van der Waals surface area contributed by atoms with Crippen molar-refractivity contribution in [3.63, 3.8) is 0 Å². The third kappa shape index (κ3) is 4.72. The fourth-order valence-corrected chi connectivity index (χ4v) is 4.59. The summed E-state index contributed by atoms with van der Waals surface area (Å²) in [4.78, 5) is 22.6. The highest BCUT2D eigenvalue weighted by molar-refractivity contribution is 6.31. The van der Waals surface area contributed by atoms with Gasteiger partial charge in [0.15, 0.2) is 0 Å². The fourth-order valence-electron chi connectivity index (χ4n) is 4.38. The highest BCUT2D eigenvalue weighted by Crippen LogP contribution is 2.29. The summed E-state index contributed by atoms with van der Waals surface area (Å²) in [6, 6.07) is 9.40. The normalized spacial score (nSPS) is 14.0. The SMILES string of the molecule is Nc1ncc(-c2ccc3[nH]cc(CN4CCCC4)c3c2)cc1C(=O)OCc1c(F)ccc(F)c1Cl. The highest BCUT2D eigenvalue weighted by atomic mass is 35.5. The third-order valence-electron chi connectivity index (χ3n) is 6.32. The highest BCUT2D eigenvalue weighted by Gasteiger charge is 2.19. The Morgan fingerprint density at radius 1 is 1.11 bits per heavy atom. The van der Waals surface area contributed by atoms with Crippen LogP contribution in [-0.2, 0) is 17.9 Å². The molecule has 3 N–H and O–H groups in total. The molecule has 1 aliphatic heterocycles. The molecule has 9 heteroatoms. The number of nitrogens with one attached hydrogen (secondary N) is 1. The van der Waals surface area contributed by atoms with E-state index in [9.17, 15) is 13.6 Å².